The number of rotatable bonds is 4. The first-order valence-corrected chi connectivity index (χ1v) is 14.7. The van der Waals surface area contributed by atoms with E-state index in [0.29, 0.717) is 31.5 Å². The molecule has 9 nitrogen and oxygen atoms in total. The van der Waals surface area contributed by atoms with Gasteiger partial charge in [0.1, 0.15) is 11.9 Å². The first-order valence-electron chi connectivity index (χ1n) is 14.7. The first-order chi connectivity index (χ1) is 19.3. The van der Waals surface area contributed by atoms with Crippen molar-refractivity contribution >= 4 is 17.7 Å². The number of benzene rings is 1. The Labute approximate surface area is 236 Å². The van der Waals surface area contributed by atoms with Crippen molar-refractivity contribution in [2.75, 3.05) is 37.7 Å². The van der Waals surface area contributed by atoms with E-state index in [-0.39, 0.29) is 36.8 Å². The highest BCUT2D eigenvalue weighted by molar-refractivity contribution is 6.06. The standard InChI is InChI=1S/C30H40FN5O4.H2/c1-20-15-26(33-34(20)2)28(37)36-19-30(25-16-21(31)7-8-27(25)36)10-12-35(13-11-30)23-6-4-3-5-22(17-23)32-29(38)40-24-9-14-39-18-24;/h7-8,15-16,22-24H,3-6,9-14,17-19H2,1-2H3,(H,32,38);1H/t22?,23?,24-;/m0./s1. The van der Waals surface area contributed by atoms with Crippen molar-refractivity contribution in [3.05, 3.63) is 47.0 Å². The van der Waals surface area contributed by atoms with Crippen molar-refractivity contribution in [3.63, 3.8) is 0 Å². The van der Waals surface area contributed by atoms with Crippen LogP contribution in [0.15, 0.2) is 24.3 Å². The van der Waals surface area contributed by atoms with Crippen LogP contribution in [0.2, 0.25) is 0 Å². The van der Waals surface area contributed by atoms with Crippen molar-refractivity contribution in [1.82, 2.24) is 20.0 Å². The van der Waals surface area contributed by atoms with Gasteiger partial charge in [0, 0.05) is 50.3 Å². The number of ether oxygens (including phenoxy) is 2. The molecule has 1 aliphatic carbocycles. The van der Waals surface area contributed by atoms with E-state index in [4.69, 9.17) is 9.47 Å². The summed E-state index contributed by atoms with van der Waals surface area (Å²) in [5.74, 6) is -0.401. The third-order valence-corrected chi connectivity index (χ3v) is 9.51. The highest BCUT2D eigenvalue weighted by atomic mass is 19.1. The summed E-state index contributed by atoms with van der Waals surface area (Å²) in [4.78, 5) is 30.4. The highest BCUT2D eigenvalue weighted by Crippen LogP contribution is 2.48. The molecule has 0 bridgehead atoms. The zero-order valence-corrected chi connectivity index (χ0v) is 23.5. The Bertz CT molecular complexity index is 1240. The maximum atomic E-state index is 14.5. The van der Waals surface area contributed by atoms with Gasteiger partial charge in [-0.15, -0.1) is 0 Å². The van der Waals surface area contributed by atoms with Crippen LogP contribution in [-0.4, -0.2) is 77.7 Å². The average Bonchev–Trinajstić information content (AvgIpc) is 3.59. The number of hydrogen-bond donors (Lipinski definition) is 1. The van der Waals surface area contributed by atoms with E-state index in [0.717, 1.165) is 81.4 Å². The SMILES string of the molecule is Cc1cc(C(=O)N2CC3(CCN(C4CCCCC(NC(=O)O[C@H]5CCOC5)C4)CC3)c3cc(F)ccc32)nn1C.[HH]. The molecule has 1 spiro atoms. The molecule has 1 aromatic heterocycles. The molecule has 2 saturated heterocycles. The Morgan fingerprint density at radius 2 is 1.98 bits per heavy atom. The Morgan fingerprint density at radius 3 is 2.70 bits per heavy atom. The van der Waals surface area contributed by atoms with Gasteiger partial charge >= 0.3 is 6.09 Å². The van der Waals surface area contributed by atoms with Crippen molar-refractivity contribution in [2.24, 2.45) is 7.05 Å². The van der Waals surface area contributed by atoms with Gasteiger partial charge in [0.25, 0.3) is 5.91 Å². The van der Waals surface area contributed by atoms with Crippen LogP contribution < -0.4 is 10.2 Å². The lowest BCUT2D eigenvalue weighted by Crippen LogP contribution is -2.50. The number of aromatic nitrogens is 2. The van der Waals surface area contributed by atoms with Gasteiger partial charge in [-0.1, -0.05) is 12.8 Å². The van der Waals surface area contributed by atoms with Gasteiger partial charge in [-0.3, -0.25) is 9.48 Å². The van der Waals surface area contributed by atoms with Gasteiger partial charge in [-0.05, 0) is 81.9 Å². The normalized spacial score (nSPS) is 26.5. The number of aryl methyl sites for hydroxylation is 2. The zero-order valence-electron chi connectivity index (χ0n) is 23.5. The molecule has 1 saturated carbocycles. The molecule has 3 aliphatic heterocycles. The Hall–Kier alpha value is -2.98. The summed E-state index contributed by atoms with van der Waals surface area (Å²) in [5.41, 5.74) is 2.80. The monoisotopic (exact) mass is 555 g/mol. The molecular weight excluding hydrogens is 513 g/mol. The maximum Gasteiger partial charge on any atom is 0.407 e. The molecule has 6 rings (SSSR count). The lowest BCUT2D eigenvalue weighted by atomic mass is 9.74. The summed E-state index contributed by atoms with van der Waals surface area (Å²) in [5, 5.41) is 7.54. The number of alkyl carbamates (subject to hydrolysis) is 1. The van der Waals surface area contributed by atoms with Crippen molar-refractivity contribution < 1.29 is 24.9 Å². The van der Waals surface area contributed by atoms with E-state index >= 15 is 0 Å². The summed E-state index contributed by atoms with van der Waals surface area (Å²) >= 11 is 0. The number of amides is 2. The van der Waals surface area contributed by atoms with Gasteiger partial charge in [-0.2, -0.15) is 5.10 Å². The molecule has 4 aliphatic rings. The summed E-state index contributed by atoms with van der Waals surface area (Å²) in [6, 6.07) is 7.11. The maximum absolute atomic E-state index is 14.5. The van der Waals surface area contributed by atoms with Crippen LogP contribution in [0.5, 0.6) is 0 Å². The predicted octanol–water partition coefficient (Wildman–Crippen LogP) is 4.32. The number of fused-ring (bicyclic) bond motifs is 2. The molecule has 0 radical (unpaired) electrons. The molecule has 3 fully saturated rings. The minimum atomic E-state index is -0.337. The van der Waals surface area contributed by atoms with E-state index < -0.39 is 0 Å². The predicted molar refractivity (Wildman–Crippen MR) is 150 cm³/mol. The zero-order chi connectivity index (χ0) is 27.9. The largest absolute Gasteiger partial charge is 0.444 e. The Kier molecular flexibility index (Phi) is 7.56. The number of likely N-dealkylation sites (tertiary alicyclic amines) is 1. The minimum Gasteiger partial charge on any atom is -0.444 e. The molecule has 1 N–H and O–H groups in total. The second kappa shape index (κ2) is 11.1. The molecule has 1 aromatic carbocycles. The number of halogens is 1. The molecule has 10 heteroatoms. The first kappa shape index (κ1) is 27.2. The highest BCUT2D eigenvalue weighted by Gasteiger charge is 2.47. The number of nitrogens with zero attached hydrogens (tertiary/aromatic N) is 4. The van der Waals surface area contributed by atoms with E-state index in [2.05, 4.69) is 15.3 Å². The molecule has 40 heavy (non-hydrogen) atoms. The summed E-state index contributed by atoms with van der Waals surface area (Å²) in [7, 11) is 1.83. The molecule has 2 amide bonds. The van der Waals surface area contributed by atoms with Crippen molar-refractivity contribution in [3.8, 4) is 0 Å². The van der Waals surface area contributed by atoms with E-state index in [1.54, 1.807) is 21.7 Å². The summed E-state index contributed by atoms with van der Waals surface area (Å²) in [6.07, 6.45) is 7.17. The number of hydrogen-bond acceptors (Lipinski definition) is 6. The fourth-order valence-corrected chi connectivity index (χ4v) is 7.13. The smallest absolute Gasteiger partial charge is 0.407 e. The molecule has 4 heterocycles. The fraction of sp³-hybridized carbons (Fsp3) is 0.633. The third kappa shape index (κ3) is 5.35. The number of nitrogens with one attached hydrogen (secondary N) is 1. The van der Waals surface area contributed by atoms with E-state index in [1.165, 1.54) is 6.07 Å². The van der Waals surface area contributed by atoms with E-state index in [1.807, 2.05) is 20.0 Å². The number of carbonyl (C=O) groups is 2. The van der Waals surface area contributed by atoms with Crippen LogP contribution in [0.4, 0.5) is 14.9 Å². The van der Waals surface area contributed by atoms with Gasteiger partial charge < -0.3 is 24.6 Å². The van der Waals surface area contributed by atoms with Gasteiger partial charge in [-0.25, -0.2) is 9.18 Å². The quantitative estimate of drug-likeness (QED) is 0.566. The average molecular weight is 556 g/mol. The molecule has 2 aromatic rings. The molecule has 218 valence electrons. The van der Waals surface area contributed by atoms with Gasteiger partial charge in [0.15, 0.2) is 5.69 Å². The van der Waals surface area contributed by atoms with Crippen LogP contribution in [-0.2, 0) is 21.9 Å². The third-order valence-electron chi connectivity index (χ3n) is 9.51. The lowest BCUT2D eigenvalue weighted by molar-refractivity contribution is 0.0764. The number of anilines is 1. The lowest BCUT2D eigenvalue weighted by Gasteiger charge is -2.43. The minimum absolute atomic E-state index is 0. The number of carbonyl (C=O) groups excluding carboxylic acids is 2. The second-order valence-electron chi connectivity index (χ2n) is 12.1. The summed E-state index contributed by atoms with van der Waals surface area (Å²) < 4.78 is 27.1. The van der Waals surface area contributed by atoms with Crippen LogP contribution in [0, 0.1) is 12.7 Å². The Balaban J connectivity index is 0.00000337. The summed E-state index contributed by atoms with van der Waals surface area (Å²) in [6.45, 7) is 5.35. The molecule has 3 atom stereocenters. The van der Waals surface area contributed by atoms with Crippen LogP contribution in [0.25, 0.3) is 0 Å². The van der Waals surface area contributed by atoms with Crippen LogP contribution in [0.1, 0.15) is 74.5 Å². The molecular formula is C30H42FN5O4. The van der Waals surface area contributed by atoms with Crippen molar-refractivity contribution in [1.29, 1.82) is 0 Å². The van der Waals surface area contributed by atoms with E-state index in [9.17, 15) is 14.0 Å². The van der Waals surface area contributed by atoms with Gasteiger partial charge in [0.2, 0.25) is 0 Å². The second-order valence-corrected chi connectivity index (χ2v) is 12.1. The van der Waals surface area contributed by atoms with Crippen molar-refractivity contribution in [2.45, 2.75) is 81.9 Å². The molecule has 2 unspecified atom stereocenters. The topological polar surface area (TPSA) is 88.9 Å². The Morgan fingerprint density at radius 1 is 1.18 bits per heavy atom. The van der Waals surface area contributed by atoms with Crippen LogP contribution in [0.3, 0.4) is 0 Å². The fourth-order valence-electron chi connectivity index (χ4n) is 7.13. The number of piperidine rings is 1. The van der Waals surface area contributed by atoms with Crippen LogP contribution >= 0.6 is 0 Å². The van der Waals surface area contributed by atoms with Gasteiger partial charge in [0.05, 0.1) is 13.2 Å².